The minimum absolute atomic E-state index is 0. The Morgan fingerprint density at radius 2 is 1.88 bits per heavy atom. The molecule has 1 aromatic carbocycles. The lowest BCUT2D eigenvalue weighted by Crippen LogP contribution is -2.41. The van der Waals surface area contributed by atoms with Crippen LogP contribution >= 0.6 is 12.4 Å². The van der Waals surface area contributed by atoms with Gasteiger partial charge < -0.3 is 10.6 Å². The van der Waals surface area contributed by atoms with Crippen LogP contribution in [-0.2, 0) is 10.2 Å². The van der Waals surface area contributed by atoms with E-state index in [0.717, 1.165) is 32.2 Å². The van der Waals surface area contributed by atoms with Crippen molar-refractivity contribution in [3.8, 4) is 0 Å². The van der Waals surface area contributed by atoms with Crippen LogP contribution in [0.25, 0.3) is 0 Å². The molecule has 6 heteroatoms. The van der Waals surface area contributed by atoms with Crippen molar-refractivity contribution in [1.29, 1.82) is 0 Å². The molecule has 0 bridgehead atoms. The van der Waals surface area contributed by atoms with Gasteiger partial charge in [0.05, 0.1) is 0 Å². The van der Waals surface area contributed by atoms with E-state index in [1.165, 1.54) is 18.2 Å². The molecule has 1 unspecified atom stereocenters. The lowest BCUT2D eigenvalue weighted by Gasteiger charge is -2.31. The van der Waals surface area contributed by atoms with Crippen molar-refractivity contribution < 1.29 is 13.6 Å². The van der Waals surface area contributed by atoms with E-state index in [1.807, 2.05) is 0 Å². The summed E-state index contributed by atoms with van der Waals surface area (Å²) in [7, 11) is 0. The van der Waals surface area contributed by atoms with Crippen LogP contribution in [0.3, 0.4) is 0 Å². The first-order chi connectivity index (χ1) is 11.1. The third kappa shape index (κ3) is 4.06. The topological polar surface area (TPSA) is 41.1 Å². The van der Waals surface area contributed by atoms with E-state index in [9.17, 15) is 13.6 Å². The van der Waals surface area contributed by atoms with Gasteiger partial charge in [-0.3, -0.25) is 4.79 Å². The Hall–Kier alpha value is -1.20. The van der Waals surface area contributed by atoms with Gasteiger partial charge in [-0.05, 0) is 44.4 Å². The third-order valence-corrected chi connectivity index (χ3v) is 5.27. The summed E-state index contributed by atoms with van der Waals surface area (Å²) in [5.41, 5.74) is -0.453. The van der Waals surface area contributed by atoms with Crippen LogP contribution in [0.1, 0.15) is 50.5 Å². The van der Waals surface area contributed by atoms with E-state index in [2.05, 4.69) is 10.6 Å². The van der Waals surface area contributed by atoms with E-state index in [1.54, 1.807) is 0 Å². The summed E-state index contributed by atoms with van der Waals surface area (Å²) in [6.45, 7) is 1.28. The number of hydrogen-bond donors (Lipinski definition) is 2. The molecule has 1 aromatic rings. The van der Waals surface area contributed by atoms with Crippen LogP contribution < -0.4 is 10.6 Å². The largest absolute Gasteiger partial charge is 0.355 e. The summed E-state index contributed by atoms with van der Waals surface area (Å²) in [5.74, 6) is -1.04. The molecule has 1 saturated carbocycles. The number of nitrogens with one attached hydrogen (secondary N) is 2. The second kappa shape index (κ2) is 8.26. The molecular weight excluding hydrogens is 334 g/mol. The van der Waals surface area contributed by atoms with Crippen molar-refractivity contribution in [3.05, 3.63) is 35.4 Å². The number of amides is 1. The van der Waals surface area contributed by atoms with Gasteiger partial charge in [0.15, 0.2) is 0 Å². The maximum atomic E-state index is 14.2. The molecule has 1 saturated heterocycles. The van der Waals surface area contributed by atoms with Gasteiger partial charge in [0.2, 0.25) is 5.91 Å². The van der Waals surface area contributed by atoms with E-state index in [-0.39, 0.29) is 29.9 Å². The Balaban J connectivity index is 0.00000208. The number of rotatable bonds is 5. The standard InChI is InChI=1S/C18H24F2N2O.ClH/c19-14-6-3-7-15(20)17(14)18(8-1-2-9-18)12-22-16(23)11-13-5-4-10-21-13;/h3,6-7,13,21H,1-2,4-5,8-12H2,(H,22,23);1H. The Morgan fingerprint density at radius 3 is 2.46 bits per heavy atom. The summed E-state index contributed by atoms with van der Waals surface area (Å²) in [6.07, 6.45) is 5.86. The lowest BCUT2D eigenvalue weighted by molar-refractivity contribution is -0.121. The highest BCUT2D eigenvalue weighted by molar-refractivity contribution is 5.85. The van der Waals surface area contributed by atoms with Gasteiger partial charge in [-0.15, -0.1) is 12.4 Å². The van der Waals surface area contributed by atoms with E-state index in [0.29, 0.717) is 25.8 Å². The zero-order chi connectivity index (χ0) is 16.3. The highest BCUT2D eigenvalue weighted by atomic mass is 35.5. The lowest BCUT2D eigenvalue weighted by atomic mass is 9.78. The minimum Gasteiger partial charge on any atom is -0.355 e. The second-order valence-corrected chi connectivity index (χ2v) is 6.86. The Bertz CT molecular complexity index is 550. The molecule has 134 valence electrons. The van der Waals surface area contributed by atoms with Crippen molar-refractivity contribution in [2.24, 2.45) is 0 Å². The molecular formula is C18H25ClF2N2O. The van der Waals surface area contributed by atoms with Gasteiger partial charge in [-0.2, -0.15) is 0 Å². The van der Waals surface area contributed by atoms with Gasteiger partial charge in [0.25, 0.3) is 0 Å². The monoisotopic (exact) mass is 358 g/mol. The molecule has 1 aliphatic heterocycles. The van der Waals surface area contributed by atoms with Crippen LogP contribution in [0.5, 0.6) is 0 Å². The highest BCUT2D eigenvalue weighted by Gasteiger charge is 2.40. The first-order valence-electron chi connectivity index (χ1n) is 8.55. The first kappa shape index (κ1) is 19.1. The predicted molar refractivity (Wildman–Crippen MR) is 92.4 cm³/mol. The van der Waals surface area contributed by atoms with Gasteiger partial charge in [0, 0.05) is 30.0 Å². The Labute approximate surface area is 148 Å². The van der Waals surface area contributed by atoms with Crippen molar-refractivity contribution >= 4 is 18.3 Å². The van der Waals surface area contributed by atoms with Crippen molar-refractivity contribution in [3.63, 3.8) is 0 Å². The molecule has 0 radical (unpaired) electrons. The molecule has 2 aliphatic rings. The van der Waals surface area contributed by atoms with Gasteiger partial charge in [-0.1, -0.05) is 18.9 Å². The highest BCUT2D eigenvalue weighted by Crippen LogP contribution is 2.42. The molecule has 2 fully saturated rings. The summed E-state index contributed by atoms with van der Waals surface area (Å²) in [6, 6.07) is 4.24. The molecule has 24 heavy (non-hydrogen) atoms. The Kier molecular flexibility index (Phi) is 6.58. The Morgan fingerprint density at radius 1 is 1.21 bits per heavy atom. The first-order valence-corrected chi connectivity index (χ1v) is 8.55. The molecule has 3 rings (SSSR count). The second-order valence-electron chi connectivity index (χ2n) is 6.86. The van der Waals surface area contributed by atoms with E-state index in [4.69, 9.17) is 0 Å². The number of halogens is 3. The molecule has 3 nitrogen and oxygen atoms in total. The SMILES string of the molecule is Cl.O=C(CC1CCCN1)NCC1(c2c(F)cccc2F)CCCC1. The number of hydrogen-bond acceptors (Lipinski definition) is 2. The van der Waals surface area contributed by atoms with Crippen LogP contribution in [0.4, 0.5) is 8.78 Å². The van der Waals surface area contributed by atoms with Gasteiger partial charge in [-0.25, -0.2) is 8.78 Å². The number of benzene rings is 1. The zero-order valence-electron chi connectivity index (χ0n) is 13.7. The quantitative estimate of drug-likeness (QED) is 0.846. The average molecular weight is 359 g/mol. The normalized spacial score (nSPS) is 22.2. The average Bonchev–Trinajstić information content (AvgIpc) is 3.17. The molecule has 0 aromatic heterocycles. The summed E-state index contributed by atoms with van der Waals surface area (Å²) in [5, 5.41) is 6.23. The van der Waals surface area contributed by atoms with Crippen molar-refractivity contribution in [2.75, 3.05) is 13.1 Å². The van der Waals surface area contributed by atoms with Crippen molar-refractivity contribution in [2.45, 2.75) is 56.4 Å². The van der Waals surface area contributed by atoms with E-state index >= 15 is 0 Å². The van der Waals surface area contributed by atoms with Gasteiger partial charge >= 0.3 is 0 Å². The molecule has 1 atom stereocenters. The van der Waals surface area contributed by atoms with E-state index < -0.39 is 17.0 Å². The molecule has 1 amide bonds. The molecule has 2 N–H and O–H groups in total. The van der Waals surface area contributed by atoms with Crippen LogP contribution in [0.2, 0.25) is 0 Å². The molecule has 0 spiro atoms. The number of carbonyl (C=O) groups excluding carboxylic acids is 1. The smallest absolute Gasteiger partial charge is 0.221 e. The van der Waals surface area contributed by atoms with Crippen LogP contribution in [0, 0.1) is 11.6 Å². The maximum absolute atomic E-state index is 14.2. The fourth-order valence-electron chi connectivity index (χ4n) is 4.07. The summed E-state index contributed by atoms with van der Waals surface area (Å²) < 4.78 is 28.5. The fraction of sp³-hybridized carbons (Fsp3) is 0.611. The zero-order valence-corrected chi connectivity index (χ0v) is 14.6. The molecule has 1 heterocycles. The van der Waals surface area contributed by atoms with Gasteiger partial charge in [0.1, 0.15) is 11.6 Å². The maximum Gasteiger partial charge on any atom is 0.221 e. The predicted octanol–water partition coefficient (Wildman–Crippen LogP) is 3.46. The number of carbonyl (C=O) groups is 1. The third-order valence-electron chi connectivity index (χ3n) is 5.27. The fourth-order valence-corrected chi connectivity index (χ4v) is 4.07. The summed E-state index contributed by atoms with van der Waals surface area (Å²) >= 11 is 0. The van der Waals surface area contributed by atoms with Crippen LogP contribution in [0.15, 0.2) is 18.2 Å². The minimum atomic E-state index is -0.603. The summed E-state index contributed by atoms with van der Waals surface area (Å²) in [4.78, 5) is 12.2. The molecule has 1 aliphatic carbocycles. The van der Waals surface area contributed by atoms with Crippen LogP contribution in [-0.4, -0.2) is 25.0 Å². The van der Waals surface area contributed by atoms with Crippen molar-refractivity contribution in [1.82, 2.24) is 10.6 Å².